The van der Waals surface area contributed by atoms with Gasteiger partial charge in [-0.05, 0) is 31.5 Å². The standard InChI is InChI=1S/C13H19ClN2OS/c1-3-16(4-2)13(17)9-18-8-10-5-6-11(14)12(15)7-10/h5-7H,3-4,8-9,15H2,1-2H3. The molecule has 0 saturated heterocycles. The first kappa shape index (κ1) is 15.2. The molecule has 2 N–H and O–H groups in total. The number of amides is 1. The first-order valence-corrected chi connectivity index (χ1v) is 7.51. The zero-order valence-electron chi connectivity index (χ0n) is 10.8. The quantitative estimate of drug-likeness (QED) is 0.818. The Morgan fingerprint density at radius 2 is 2.06 bits per heavy atom. The number of benzene rings is 1. The Kier molecular flexibility index (Phi) is 6.36. The molecule has 1 amide bonds. The summed E-state index contributed by atoms with van der Waals surface area (Å²) in [6, 6.07) is 5.59. The molecule has 0 atom stereocenters. The lowest BCUT2D eigenvalue weighted by atomic mass is 10.2. The van der Waals surface area contributed by atoms with Crippen molar-refractivity contribution >= 4 is 35.0 Å². The fourth-order valence-corrected chi connectivity index (χ4v) is 2.60. The van der Waals surface area contributed by atoms with Gasteiger partial charge in [-0.1, -0.05) is 17.7 Å². The summed E-state index contributed by atoms with van der Waals surface area (Å²) >= 11 is 7.45. The second-order valence-electron chi connectivity index (χ2n) is 3.91. The molecule has 1 aromatic carbocycles. The number of hydrogen-bond donors (Lipinski definition) is 1. The highest BCUT2D eigenvalue weighted by molar-refractivity contribution is 7.99. The molecule has 0 bridgehead atoms. The molecule has 0 aromatic heterocycles. The summed E-state index contributed by atoms with van der Waals surface area (Å²) in [5.74, 6) is 1.46. The van der Waals surface area contributed by atoms with Crippen LogP contribution in [-0.2, 0) is 10.5 Å². The lowest BCUT2D eigenvalue weighted by molar-refractivity contribution is -0.127. The molecule has 0 unspecified atom stereocenters. The molecule has 0 heterocycles. The van der Waals surface area contributed by atoms with E-state index in [0.29, 0.717) is 16.5 Å². The third-order valence-electron chi connectivity index (χ3n) is 2.67. The number of hydrogen-bond acceptors (Lipinski definition) is 3. The van der Waals surface area contributed by atoms with Gasteiger partial charge in [0.15, 0.2) is 0 Å². The van der Waals surface area contributed by atoms with Crippen LogP contribution in [0, 0.1) is 0 Å². The number of carbonyl (C=O) groups excluding carboxylic acids is 1. The van der Waals surface area contributed by atoms with Crippen molar-refractivity contribution in [2.75, 3.05) is 24.6 Å². The number of rotatable bonds is 6. The Morgan fingerprint density at radius 1 is 1.39 bits per heavy atom. The Balaban J connectivity index is 2.41. The van der Waals surface area contributed by atoms with Crippen LogP contribution in [0.15, 0.2) is 18.2 Å². The van der Waals surface area contributed by atoms with Crippen LogP contribution in [0.25, 0.3) is 0 Å². The van der Waals surface area contributed by atoms with Gasteiger partial charge in [-0.25, -0.2) is 0 Å². The number of halogens is 1. The van der Waals surface area contributed by atoms with Gasteiger partial charge < -0.3 is 10.6 Å². The maximum absolute atomic E-state index is 11.8. The first-order valence-electron chi connectivity index (χ1n) is 5.97. The van der Waals surface area contributed by atoms with Crippen LogP contribution in [-0.4, -0.2) is 29.6 Å². The Bertz CT molecular complexity index is 408. The highest BCUT2D eigenvalue weighted by Crippen LogP contribution is 2.22. The number of nitrogens with two attached hydrogens (primary N) is 1. The van der Waals surface area contributed by atoms with Crippen molar-refractivity contribution in [3.63, 3.8) is 0 Å². The summed E-state index contributed by atoms with van der Waals surface area (Å²) in [5, 5.41) is 0.572. The molecular weight excluding hydrogens is 268 g/mol. The van der Waals surface area contributed by atoms with Crippen LogP contribution < -0.4 is 5.73 Å². The minimum absolute atomic E-state index is 0.187. The highest BCUT2D eigenvalue weighted by atomic mass is 35.5. The summed E-state index contributed by atoms with van der Waals surface area (Å²) < 4.78 is 0. The van der Waals surface area contributed by atoms with Gasteiger partial charge in [-0.15, -0.1) is 11.8 Å². The van der Waals surface area contributed by atoms with Gasteiger partial charge in [0.2, 0.25) is 5.91 Å². The van der Waals surface area contributed by atoms with Crippen LogP contribution in [0.2, 0.25) is 5.02 Å². The molecule has 3 nitrogen and oxygen atoms in total. The zero-order valence-corrected chi connectivity index (χ0v) is 12.4. The molecule has 100 valence electrons. The van der Waals surface area contributed by atoms with E-state index in [1.54, 1.807) is 17.8 Å². The van der Waals surface area contributed by atoms with Crippen molar-refractivity contribution in [1.82, 2.24) is 4.90 Å². The van der Waals surface area contributed by atoms with Crippen molar-refractivity contribution in [3.8, 4) is 0 Å². The number of anilines is 1. The Labute approximate surface area is 118 Å². The Hall–Kier alpha value is -0.870. The molecule has 0 aliphatic carbocycles. The molecule has 0 aliphatic heterocycles. The zero-order chi connectivity index (χ0) is 13.5. The average Bonchev–Trinajstić information content (AvgIpc) is 2.35. The molecule has 0 spiro atoms. The molecule has 0 aliphatic rings. The number of nitrogens with zero attached hydrogens (tertiary/aromatic N) is 1. The average molecular weight is 287 g/mol. The summed E-state index contributed by atoms with van der Waals surface area (Å²) in [6.07, 6.45) is 0. The van der Waals surface area contributed by atoms with E-state index in [4.69, 9.17) is 17.3 Å². The monoisotopic (exact) mass is 286 g/mol. The lowest BCUT2D eigenvalue weighted by Crippen LogP contribution is -2.31. The minimum Gasteiger partial charge on any atom is -0.398 e. The molecule has 0 saturated carbocycles. The third kappa shape index (κ3) is 4.42. The Morgan fingerprint density at radius 3 is 2.61 bits per heavy atom. The summed E-state index contributed by atoms with van der Waals surface area (Å²) in [6.45, 7) is 5.52. The maximum atomic E-state index is 11.8. The van der Waals surface area contributed by atoms with Crippen molar-refractivity contribution in [1.29, 1.82) is 0 Å². The maximum Gasteiger partial charge on any atom is 0.232 e. The molecule has 18 heavy (non-hydrogen) atoms. The number of nitrogen functional groups attached to an aromatic ring is 1. The summed E-state index contributed by atoms with van der Waals surface area (Å²) in [7, 11) is 0. The predicted molar refractivity (Wildman–Crippen MR) is 80.0 cm³/mol. The molecule has 0 fully saturated rings. The number of carbonyl (C=O) groups is 1. The van der Waals surface area contributed by atoms with Gasteiger partial charge in [0, 0.05) is 18.8 Å². The van der Waals surface area contributed by atoms with Crippen LogP contribution in [0.1, 0.15) is 19.4 Å². The molecule has 1 rings (SSSR count). The largest absolute Gasteiger partial charge is 0.398 e. The third-order valence-corrected chi connectivity index (χ3v) is 4.00. The van der Waals surface area contributed by atoms with E-state index in [9.17, 15) is 4.79 Å². The minimum atomic E-state index is 0.187. The summed E-state index contributed by atoms with van der Waals surface area (Å²) in [5.41, 5.74) is 7.41. The first-order chi connectivity index (χ1) is 8.58. The molecular formula is C13H19ClN2OS. The molecule has 0 radical (unpaired) electrons. The fraction of sp³-hybridized carbons (Fsp3) is 0.462. The van der Waals surface area contributed by atoms with E-state index in [1.165, 1.54) is 0 Å². The van der Waals surface area contributed by atoms with E-state index in [2.05, 4.69) is 0 Å². The van der Waals surface area contributed by atoms with Gasteiger partial charge in [0.25, 0.3) is 0 Å². The van der Waals surface area contributed by atoms with Gasteiger partial charge in [0.05, 0.1) is 16.5 Å². The van der Waals surface area contributed by atoms with E-state index < -0.39 is 0 Å². The second-order valence-corrected chi connectivity index (χ2v) is 5.31. The summed E-state index contributed by atoms with van der Waals surface area (Å²) in [4.78, 5) is 13.6. The van der Waals surface area contributed by atoms with Crippen molar-refractivity contribution in [2.45, 2.75) is 19.6 Å². The predicted octanol–water partition coefficient (Wildman–Crippen LogP) is 3.02. The van der Waals surface area contributed by atoms with Crippen molar-refractivity contribution < 1.29 is 4.79 Å². The van der Waals surface area contributed by atoms with Crippen LogP contribution >= 0.6 is 23.4 Å². The van der Waals surface area contributed by atoms with E-state index >= 15 is 0 Å². The van der Waals surface area contributed by atoms with Crippen molar-refractivity contribution in [2.24, 2.45) is 0 Å². The van der Waals surface area contributed by atoms with Gasteiger partial charge in [-0.3, -0.25) is 4.79 Å². The van der Waals surface area contributed by atoms with E-state index in [0.717, 1.165) is 24.4 Å². The van der Waals surface area contributed by atoms with E-state index in [1.807, 2.05) is 30.9 Å². The van der Waals surface area contributed by atoms with Crippen LogP contribution in [0.4, 0.5) is 5.69 Å². The second kappa shape index (κ2) is 7.54. The van der Waals surface area contributed by atoms with Gasteiger partial charge >= 0.3 is 0 Å². The highest BCUT2D eigenvalue weighted by Gasteiger charge is 2.09. The van der Waals surface area contributed by atoms with Crippen molar-refractivity contribution in [3.05, 3.63) is 28.8 Å². The van der Waals surface area contributed by atoms with Crippen LogP contribution in [0.3, 0.4) is 0 Å². The van der Waals surface area contributed by atoms with Gasteiger partial charge in [0.1, 0.15) is 0 Å². The van der Waals surface area contributed by atoms with Crippen LogP contribution in [0.5, 0.6) is 0 Å². The number of thioether (sulfide) groups is 1. The normalized spacial score (nSPS) is 10.4. The molecule has 5 heteroatoms. The smallest absolute Gasteiger partial charge is 0.232 e. The SMILES string of the molecule is CCN(CC)C(=O)CSCc1ccc(Cl)c(N)c1. The fourth-order valence-electron chi connectivity index (χ4n) is 1.61. The molecule has 1 aromatic rings. The van der Waals surface area contributed by atoms with Gasteiger partial charge in [-0.2, -0.15) is 0 Å². The topological polar surface area (TPSA) is 46.3 Å². The lowest BCUT2D eigenvalue weighted by Gasteiger charge is -2.18. The van der Waals surface area contributed by atoms with E-state index in [-0.39, 0.29) is 5.91 Å².